The van der Waals surface area contributed by atoms with Gasteiger partial charge in [0.15, 0.2) is 5.82 Å². The number of aryl methyl sites for hydroxylation is 1. The predicted octanol–water partition coefficient (Wildman–Crippen LogP) is 5.27. The van der Waals surface area contributed by atoms with E-state index in [9.17, 15) is 10.1 Å². The lowest BCUT2D eigenvalue weighted by Gasteiger charge is -2.36. The molecule has 0 radical (unpaired) electrons. The molecule has 4 aromatic rings. The van der Waals surface area contributed by atoms with Crippen molar-refractivity contribution in [1.29, 1.82) is 5.26 Å². The number of amides is 2. The molecule has 1 saturated heterocycles. The lowest BCUT2D eigenvalue weighted by atomic mass is 9.90. The molecule has 3 aromatic heterocycles. The number of anilines is 3. The van der Waals surface area contributed by atoms with E-state index in [0.29, 0.717) is 23.9 Å². The Kier molecular flexibility index (Phi) is 8.96. The fourth-order valence-corrected chi connectivity index (χ4v) is 6.11. The molecule has 0 atom stereocenters. The molecule has 2 fully saturated rings. The SMILES string of the molecule is Cn1cc(-c2ccc(N(C(=O)NCc3ccccc3)[C@H]3CC[C@H](Nc4ncc(C#N)c(N5CCCCC5)n4)CC3)nc2)cn1. The minimum absolute atomic E-state index is 0.00800. The first-order valence-electron chi connectivity index (χ1n) is 15.4. The summed E-state index contributed by atoms with van der Waals surface area (Å²) in [6.07, 6.45) is 13.9. The molecule has 11 nitrogen and oxygen atoms in total. The summed E-state index contributed by atoms with van der Waals surface area (Å²) in [7, 11) is 1.89. The Balaban J connectivity index is 1.15. The first-order chi connectivity index (χ1) is 21.6. The summed E-state index contributed by atoms with van der Waals surface area (Å²) in [5.74, 6) is 1.90. The summed E-state index contributed by atoms with van der Waals surface area (Å²) in [5, 5.41) is 20.5. The van der Waals surface area contributed by atoms with Crippen LogP contribution in [0.2, 0.25) is 0 Å². The van der Waals surface area contributed by atoms with Crippen molar-refractivity contribution in [3.63, 3.8) is 0 Å². The van der Waals surface area contributed by atoms with Crippen molar-refractivity contribution in [2.45, 2.75) is 63.6 Å². The molecule has 2 amide bonds. The zero-order chi connectivity index (χ0) is 30.3. The molecular weight excluding hydrogens is 552 g/mol. The molecule has 0 spiro atoms. The molecule has 1 aliphatic carbocycles. The van der Waals surface area contributed by atoms with E-state index in [2.05, 4.69) is 31.7 Å². The van der Waals surface area contributed by atoms with E-state index in [1.54, 1.807) is 17.1 Å². The molecule has 44 heavy (non-hydrogen) atoms. The van der Waals surface area contributed by atoms with Gasteiger partial charge in [0.1, 0.15) is 17.5 Å². The Morgan fingerprint density at radius 3 is 2.45 bits per heavy atom. The van der Waals surface area contributed by atoms with Crippen LogP contribution in [0.5, 0.6) is 0 Å². The van der Waals surface area contributed by atoms with Gasteiger partial charge in [0, 0.05) is 62.3 Å². The minimum atomic E-state index is -0.159. The summed E-state index contributed by atoms with van der Waals surface area (Å²) in [4.78, 5) is 31.7. The maximum atomic E-state index is 13.7. The number of hydrogen-bond acceptors (Lipinski definition) is 8. The molecule has 6 rings (SSSR count). The average Bonchev–Trinajstić information content (AvgIpc) is 3.52. The molecular formula is C33H38N10O. The van der Waals surface area contributed by atoms with Gasteiger partial charge < -0.3 is 15.5 Å². The number of nitriles is 1. The standard InChI is InChI=1S/C33H38N10O/c1-41-23-27(22-38-41)25-10-15-30(35-20-25)43(33(44)37-19-24-8-4-2-5-9-24)29-13-11-28(12-14-29)39-32-36-21-26(18-34)31(40-32)42-16-6-3-7-17-42/h2,4-5,8-10,15,20-23,28-29H,3,6-7,11-14,16-17,19H2,1H3,(H,37,44)(H,36,39,40)/t28-,29-. The predicted molar refractivity (Wildman–Crippen MR) is 170 cm³/mol. The van der Waals surface area contributed by atoms with Gasteiger partial charge in [0.2, 0.25) is 5.95 Å². The van der Waals surface area contributed by atoms with Crippen LogP contribution in [0.4, 0.5) is 22.4 Å². The lowest BCUT2D eigenvalue weighted by molar-refractivity contribution is 0.240. The Morgan fingerprint density at radius 2 is 1.77 bits per heavy atom. The molecule has 2 aliphatic rings. The third kappa shape index (κ3) is 6.80. The molecule has 2 N–H and O–H groups in total. The van der Waals surface area contributed by atoms with Crippen molar-refractivity contribution in [2.24, 2.45) is 7.05 Å². The van der Waals surface area contributed by atoms with Crippen molar-refractivity contribution >= 4 is 23.6 Å². The fraction of sp³-hybridized carbons (Fsp3) is 0.394. The van der Waals surface area contributed by atoms with E-state index < -0.39 is 0 Å². The molecule has 1 aromatic carbocycles. The van der Waals surface area contributed by atoms with E-state index >= 15 is 0 Å². The lowest BCUT2D eigenvalue weighted by Crippen LogP contribution is -2.49. The van der Waals surface area contributed by atoms with Crippen LogP contribution in [0.25, 0.3) is 11.1 Å². The van der Waals surface area contributed by atoms with Gasteiger partial charge in [-0.2, -0.15) is 15.3 Å². The molecule has 1 saturated carbocycles. The van der Waals surface area contributed by atoms with Gasteiger partial charge in [-0.15, -0.1) is 0 Å². The average molecular weight is 591 g/mol. The number of rotatable bonds is 8. The summed E-state index contributed by atoms with van der Waals surface area (Å²) in [5.41, 5.74) is 3.48. The number of urea groups is 1. The second-order valence-corrected chi connectivity index (χ2v) is 11.6. The Bertz CT molecular complexity index is 1580. The Labute approximate surface area is 258 Å². The number of nitrogens with zero attached hydrogens (tertiary/aromatic N) is 8. The molecule has 226 valence electrons. The molecule has 11 heteroatoms. The van der Waals surface area contributed by atoms with Crippen LogP contribution in [0.3, 0.4) is 0 Å². The maximum absolute atomic E-state index is 13.7. The maximum Gasteiger partial charge on any atom is 0.323 e. The molecule has 4 heterocycles. The van der Waals surface area contributed by atoms with Crippen LogP contribution < -0.4 is 20.4 Å². The molecule has 0 bridgehead atoms. The zero-order valence-electron chi connectivity index (χ0n) is 25.1. The first kappa shape index (κ1) is 29.1. The first-order valence-corrected chi connectivity index (χ1v) is 15.4. The van der Waals surface area contributed by atoms with Crippen LogP contribution >= 0.6 is 0 Å². The van der Waals surface area contributed by atoms with E-state index in [0.717, 1.165) is 74.1 Å². The molecule has 0 unspecified atom stereocenters. The van der Waals surface area contributed by atoms with Crippen molar-refractivity contribution < 1.29 is 4.79 Å². The second kappa shape index (κ2) is 13.5. The van der Waals surface area contributed by atoms with E-state index in [1.165, 1.54) is 6.42 Å². The number of nitrogens with one attached hydrogen (secondary N) is 2. The van der Waals surface area contributed by atoms with Crippen LogP contribution in [0.15, 0.2) is 67.3 Å². The third-order valence-electron chi connectivity index (χ3n) is 8.48. The number of piperidine rings is 1. The Morgan fingerprint density at radius 1 is 0.977 bits per heavy atom. The van der Waals surface area contributed by atoms with Gasteiger partial charge in [0.05, 0.1) is 12.4 Å². The normalized spacial score (nSPS) is 18.3. The number of carbonyl (C=O) groups is 1. The van der Waals surface area contributed by atoms with Gasteiger partial charge in [-0.25, -0.2) is 14.8 Å². The van der Waals surface area contributed by atoms with Gasteiger partial charge in [-0.05, 0) is 62.6 Å². The van der Waals surface area contributed by atoms with Crippen LogP contribution in [-0.4, -0.2) is 55.9 Å². The summed E-state index contributed by atoms with van der Waals surface area (Å²) >= 11 is 0. The van der Waals surface area contributed by atoms with Gasteiger partial charge in [-0.3, -0.25) is 9.58 Å². The summed E-state index contributed by atoms with van der Waals surface area (Å²) in [6.45, 7) is 2.27. The van der Waals surface area contributed by atoms with Crippen molar-refractivity contribution in [1.82, 2.24) is 30.0 Å². The topological polar surface area (TPSA) is 128 Å². The summed E-state index contributed by atoms with van der Waals surface area (Å²) < 4.78 is 1.76. The van der Waals surface area contributed by atoms with E-state index in [1.807, 2.05) is 66.8 Å². The smallest absolute Gasteiger partial charge is 0.323 e. The largest absolute Gasteiger partial charge is 0.355 e. The highest BCUT2D eigenvalue weighted by Crippen LogP contribution is 2.30. The number of aromatic nitrogens is 5. The van der Waals surface area contributed by atoms with Gasteiger partial charge in [-0.1, -0.05) is 30.3 Å². The number of benzene rings is 1. The fourth-order valence-electron chi connectivity index (χ4n) is 6.11. The third-order valence-corrected chi connectivity index (χ3v) is 8.48. The number of pyridine rings is 1. The van der Waals surface area contributed by atoms with Crippen molar-refractivity contribution in [3.8, 4) is 17.2 Å². The monoisotopic (exact) mass is 590 g/mol. The van der Waals surface area contributed by atoms with E-state index in [4.69, 9.17) is 9.97 Å². The highest BCUT2D eigenvalue weighted by atomic mass is 16.2. The molecule has 1 aliphatic heterocycles. The van der Waals surface area contributed by atoms with Gasteiger partial charge >= 0.3 is 6.03 Å². The zero-order valence-corrected chi connectivity index (χ0v) is 25.1. The Hall–Kier alpha value is -4.98. The van der Waals surface area contributed by atoms with Crippen molar-refractivity contribution in [2.75, 3.05) is 28.2 Å². The number of carbonyl (C=O) groups excluding carboxylic acids is 1. The summed E-state index contributed by atoms with van der Waals surface area (Å²) in [6, 6.07) is 16.1. The van der Waals surface area contributed by atoms with Crippen molar-refractivity contribution in [3.05, 3.63) is 78.4 Å². The minimum Gasteiger partial charge on any atom is -0.355 e. The van der Waals surface area contributed by atoms with Gasteiger partial charge in [0.25, 0.3) is 0 Å². The number of hydrogen-bond donors (Lipinski definition) is 2. The van der Waals surface area contributed by atoms with Crippen LogP contribution in [-0.2, 0) is 13.6 Å². The highest BCUT2D eigenvalue weighted by Gasteiger charge is 2.31. The highest BCUT2D eigenvalue weighted by molar-refractivity contribution is 5.91. The quantitative estimate of drug-likeness (QED) is 0.284. The van der Waals surface area contributed by atoms with E-state index in [-0.39, 0.29) is 18.1 Å². The second-order valence-electron chi connectivity index (χ2n) is 11.6. The van der Waals surface area contributed by atoms with Crippen LogP contribution in [0, 0.1) is 11.3 Å². The van der Waals surface area contributed by atoms with Crippen LogP contribution in [0.1, 0.15) is 56.1 Å².